The van der Waals surface area contributed by atoms with Gasteiger partial charge in [-0.3, -0.25) is 0 Å². The third-order valence-corrected chi connectivity index (χ3v) is 4.03. The lowest BCUT2D eigenvalue weighted by molar-refractivity contribution is -0.137. The molecule has 0 bridgehead atoms. The Hall–Kier alpha value is -2.17. The van der Waals surface area contributed by atoms with E-state index < -0.39 is 11.7 Å². The second-order valence-electron chi connectivity index (χ2n) is 6.06. The quantitative estimate of drug-likeness (QED) is 0.287. The molecule has 0 saturated carbocycles. The topological polar surface area (TPSA) is 65.9 Å². The molecule has 0 heterocycles. The first kappa shape index (κ1) is 24.9. The molecule has 0 aliphatic carbocycles. The largest absolute Gasteiger partial charge is 0.508 e. The van der Waals surface area contributed by atoms with Crippen molar-refractivity contribution in [2.45, 2.75) is 26.1 Å². The molecule has 0 spiro atoms. The lowest BCUT2D eigenvalue weighted by atomic mass is 10.1. The Labute approximate surface area is 185 Å². The molecule has 0 radical (unpaired) electrons. The molecule has 5 nitrogen and oxygen atoms in total. The zero-order chi connectivity index (χ0) is 20.6. The average molecular weight is 523 g/mol. The van der Waals surface area contributed by atoms with Gasteiger partial charge in [0.25, 0.3) is 0 Å². The van der Waals surface area contributed by atoms with Crippen molar-refractivity contribution in [1.29, 1.82) is 0 Å². The summed E-state index contributed by atoms with van der Waals surface area (Å²) in [6, 6.07) is 10.0. The van der Waals surface area contributed by atoms with Crippen LogP contribution in [0.3, 0.4) is 0 Å². The van der Waals surface area contributed by atoms with Crippen LogP contribution in [0.4, 0.5) is 13.2 Å². The van der Waals surface area contributed by atoms with Crippen LogP contribution in [0.2, 0.25) is 0 Å². The molecular formula is C20H25F3IN3O2. The standard InChI is InChI=1S/C20H24F3N3O2.HI/c1-3-24-19(26-13-15-12-17(28-2)8-9-18(15)27)25-11-10-14-4-6-16(7-5-14)20(21,22)23;/h4-9,12,27H,3,10-11,13H2,1-2H3,(H2,24,25,26);1H. The number of phenolic OH excluding ortho intramolecular Hbond substituents is 1. The molecule has 0 saturated heterocycles. The highest BCUT2D eigenvalue weighted by atomic mass is 127. The summed E-state index contributed by atoms with van der Waals surface area (Å²) in [5, 5.41) is 16.2. The molecule has 0 aromatic heterocycles. The first-order valence-corrected chi connectivity index (χ1v) is 8.87. The van der Waals surface area contributed by atoms with Gasteiger partial charge < -0.3 is 20.5 Å². The van der Waals surface area contributed by atoms with Crippen molar-refractivity contribution >= 4 is 29.9 Å². The van der Waals surface area contributed by atoms with E-state index in [0.29, 0.717) is 36.8 Å². The van der Waals surface area contributed by atoms with Gasteiger partial charge in [-0.15, -0.1) is 24.0 Å². The Bertz CT molecular complexity index is 797. The van der Waals surface area contributed by atoms with E-state index in [1.54, 1.807) is 25.3 Å². The molecule has 9 heteroatoms. The summed E-state index contributed by atoms with van der Waals surface area (Å²) in [7, 11) is 1.55. The van der Waals surface area contributed by atoms with E-state index in [1.807, 2.05) is 6.92 Å². The second-order valence-corrected chi connectivity index (χ2v) is 6.06. The zero-order valence-corrected chi connectivity index (χ0v) is 18.5. The number of alkyl halides is 3. The molecular weight excluding hydrogens is 498 g/mol. The lowest BCUT2D eigenvalue weighted by Crippen LogP contribution is -2.38. The number of guanidine groups is 1. The van der Waals surface area contributed by atoms with E-state index in [-0.39, 0.29) is 36.3 Å². The Morgan fingerprint density at radius 1 is 1.10 bits per heavy atom. The summed E-state index contributed by atoms with van der Waals surface area (Å²) in [6.07, 6.45) is -3.78. The van der Waals surface area contributed by atoms with Gasteiger partial charge in [0.1, 0.15) is 11.5 Å². The zero-order valence-electron chi connectivity index (χ0n) is 16.2. The Kier molecular flexibility index (Phi) is 10.1. The van der Waals surface area contributed by atoms with Crippen LogP contribution in [-0.2, 0) is 19.1 Å². The number of aromatic hydroxyl groups is 1. The van der Waals surface area contributed by atoms with Crippen molar-refractivity contribution in [3.8, 4) is 11.5 Å². The number of hydrogen-bond donors (Lipinski definition) is 3. The van der Waals surface area contributed by atoms with Gasteiger partial charge in [-0.05, 0) is 49.2 Å². The van der Waals surface area contributed by atoms with Gasteiger partial charge in [-0.2, -0.15) is 13.2 Å². The number of benzene rings is 2. The fourth-order valence-corrected chi connectivity index (χ4v) is 2.51. The fraction of sp³-hybridized carbons (Fsp3) is 0.350. The highest BCUT2D eigenvalue weighted by Crippen LogP contribution is 2.29. The van der Waals surface area contributed by atoms with Crippen molar-refractivity contribution in [3.63, 3.8) is 0 Å². The summed E-state index contributed by atoms with van der Waals surface area (Å²) < 4.78 is 42.9. The van der Waals surface area contributed by atoms with Crippen molar-refractivity contribution in [2.24, 2.45) is 4.99 Å². The summed E-state index contributed by atoms with van der Waals surface area (Å²) in [4.78, 5) is 4.43. The first-order chi connectivity index (χ1) is 13.3. The molecule has 0 amide bonds. The van der Waals surface area contributed by atoms with Crippen LogP contribution < -0.4 is 15.4 Å². The van der Waals surface area contributed by atoms with E-state index in [1.165, 1.54) is 12.1 Å². The van der Waals surface area contributed by atoms with E-state index in [0.717, 1.165) is 17.7 Å². The van der Waals surface area contributed by atoms with Crippen molar-refractivity contribution in [3.05, 3.63) is 59.2 Å². The van der Waals surface area contributed by atoms with Gasteiger partial charge >= 0.3 is 6.18 Å². The van der Waals surface area contributed by atoms with Gasteiger partial charge in [0.2, 0.25) is 0 Å². The summed E-state index contributed by atoms with van der Waals surface area (Å²) in [5.41, 5.74) is 0.762. The molecule has 0 aliphatic rings. The van der Waals surface area contributed by atoms with Crippen LogP contribution >= 0.6 is 24.0 Å². The van der Waals surface area contributed by atoms with Crippen molar-refractivity contribution < 1.29 is 23.0 Å². The number of hydrogen-bond acceptors (Lipinski definition) is 3. The van der Waals surface area contributed by atoms with E-state index in [4.69, 9.17) is 4.74 Å². The van der Waals surface area contributed by atoms with Crippen molar-refractivity contribution in [1.82, 2.24) is 10.6 Å². The van der Waals surface area contributed by atoms with E-state index >= 15 is 0 Å². The number of rotatable bonds is 7. The molecule has 0 aliphatic heterocycles. The van der Waals surface area contributed by atoms with Crippen LogP contribution in [0.15, 0.2) is 47.5 Å². The summed E-state index contributed by atoms with van der Waals surface area (Å²) >= 11 is 0. The number of ether oxygens (including phenoxy) is 1. The number of aliphatic imine (C=N–C) groups is 1. The molecule has 0 fully saturated rings. The maximum absolute atomic E-state index is 12.6. The molecule has 2 aromatic rings. The normalized spacial score (nSPS) is 11.6. The summed E-state index contributed by atoms with van der Waals surface area (Å²) in [5.74, 6) is 1.31. The third kappa shape index (κ3) is 8.00. The van der Waals surface area contributed by atoms with Crippen LogP contribution in [0.25, 0.3) is 0 Å². The minimum atomic E-state index is -4.33. The number of halogens is 4. The van der Waals surface area contributed by atoms with Crippen LogP contribution in [0.1, 0.15) is 23.6 Å². The number of phenols is 1. The van der Waals surface area contributed by atoms with E-state index in [9.17, 15) is 18.3 Å². The molecule has 160 valence electrons. The van der Waals surface area contributed by atoms with Gasteiger partial charge in [0.15, 0.2) is 5.96 Å². The Morgan fingerprint density at radius 3 is 2.38 bits per heavy atom. The molecule has 0 unspecified atom stereocenters. The lowest BCUT2D eigenvalue weighted by Gasteiger charge is -2.12. The third-order valence-electron chi connectivity index (χ3n) is 4.03. The van der Waals surface area contributed by atoms with Crippen LogP contribution in [0, 0.1) is 0 Å². The number of nitrogens with one attached hydrogen (secondary N) is 2. The first-order valence-electron chi connectivity index (χ1n) is 8.87. The van der Waals surface area contributed by atoms with Gasteiger partial charge in [0.05, 0.1) is 19.2 Å². The van der Waals surface area contributed by atoms with Gasteiger partial charge in [-0.1, -0.05) is 12.1 Å². The minimum Gasteiger partial charge on any atom is -0.508 e. The fourth-order valence-electron chi connectivity index (χ4n) is 2.51. The SMILES string of the molecule is CCNC(=NCc1cc(OC)ccc1O)NCCc1ccc(C(F)(F)F)cc1.I. The minimum absolute atomic E-state index is 0. The van der Waals surface area contributed by atoms with Gasteiger partial charge in [-0.25, -0.2) is 4.99 Å². The van der Waals surface area contributed by atoms with E-state index in [2.05, 4.69) is 15.6 Å². The van der Waals surface area contributed by atoms with Crippen LogP contribution in [0.5, 0.6) is 11.5 Å². The number of nitrogens with zero attached hydrogens (tertiary/aromatic N) is 1. The van der Waals surface area contributed by atoms with Crippen LogP contribution in [-0.4, -0.2) is 31.3 Å². The predicted octanol–water partition coefficient (Wildman–Crippen LogP) is 4.34. The average Bonchev–Trinajstić information content (AvgIpc) is 2.67. The summed E-state index contributed by atoms with van der Waals surface area (Å²) in [6.45, 7) is 3.33. The Morgan fingerprint density at radius 2 is 1.79 bits per heavy atom. The number of methoxy groups -OCH3 is 1. The molecule has 2 aromatic carbocycles. The highest BCUT2D eigenvalue weighted by Gasteiger charge is 2.29. The van der Waals surface area contributed by atoms with Crippen molar-refractivity contribution in [2.75, 3.05) is 20.2 Å². The maximum atomic E-state index is 12.6. The maximum Gasteiger partial charge on any atom is 0.416 e. The molecule has 29 heavy (non-hydrogen) atoms. The molecule has 2 rings (SSSR count). The van der Waals surface area contributed by atoms with Gasteiger partial charge in [0, 0.05) is 18.7 Å². The smallest absolute Gasteiger partial charge is 0.416 e. The predicted molar refractivity (Wildman–Crippen MR) is 118 cm³/mol. The monoisotopic (exact) mass is 523 g/mol. The second kappa shape index (κ2) is 11.7. The highest BCUT2D eigenvalue weighted by molar-refractivity contribution is 14.0. The molecule has 0 atom stereocenters. The Balaban J connectivity index is 0.00000420. The molecule has 3 N–H and O–H groups in total.